The molecule has 0 radical (unpaired) electrons. The lowest BCUT2D eigenvalue weighted by Crippen LogP contribution is -2.15. The predicted octanol–water partition coefficient (Wildman–Crippen LogP) is 3.70. The zero-order valence-corrected chi connectivity index (χ0v) is 13.8. The third kappa shape index (κ3) is 3.85. The molecule has 2 aromatic carbocycles. The van der Waals surface area contributed by atoms with Gasteiger partial charge in [-0.25, -0.2) is 0 Å². The number of aryl methyl sites for hydroxylation is 2. The minimum Gasteiger partial charge on any atom is -0.497 e. The van der Waals surface area contributed by atoms with Crippen molar-refractivity contribution in [1.29, 1.82) is 0 Å². The largest absolute Gasteiger partial charge is 0.497 e. The van der Waals surface area contributed by atoms with Crippen LogP contribution in [0.2, 0.25) is 0 Å². The second-order valence-electron chi connectivity index (χ2n) is 6.13. The Balaban J connectivity index is 1.57. The maximum atomic E-state index is 5.95. The van der Waals surface area contributed by atoms with Gasteiger partial charge in [0, 0.05) is 0 Å². The first-order valence-electron chi connectivity index (χ1n) is 8.39. The van der Waals surface area contributed by atoms with Gasteiger partial charge in [-0.2, -0.15) is 0 Å². The van der Waals surface area contributed by atoms with Gasteiger partial charge in [-0.05, 0) is 79.1 Å². The van der Waals surface area contributed by atoms with Crippen LogP contribution in [0.1, 0.15) is 35.4 Å². The molecular formula is C20H25NO2. The van der Waals surface area contributed by atoms with Gasteiger partial charge in [-0.3, -0.25) is 0 Å². The molecule has 0 heterocycles. The van der Waals surface area contributed by atoms with E-state index in [0.29, 0.717) is 19.1 Å². The number of methoxy groups -OCH3 is 1. The first kappa shape index (κ1) is 15.9. The monoisotopic (exact) mass is 311 g/mol. The van der Waals surface area contributed by atoms with Gasteiger partial charge in [0.25, 0.3) is 0 Å². The van der Waals surface area contributed by atoms with Gasteiger partial charge in [0.1, 0.15) is 11.5 Å². The third-order valence-corrected chi connectivity index (χ3v) is 4.65. The third-order valence-electron chi connectivity index (χ3n) is 4.65. The van der Waals surface area contributed by atoms with Gasteiger partial charge < -0.3 is 15.2 Å². The van der Waals surface area contributed by atoms with Crippen LogP contribution in [-0.2, 0) is 12.8 Å². The Bertz CT molecular complexity index is 654. The quantitative estimate of drug-likeness (QED) is 0.848. The van der Waals surface area contributed by atoms with Crippen molar-refractivity contribution in [3.05, 3.63) is 59.2 Å². The van der Waals surface area contributed by atoms with Crippen molar-refractivity contribution < 1.29 is 9.47 Å². The summed E-state index contributed by atoms with van der Waals surface area (Å²) in [5, 5.41) is 0. The summed E-state index contributed by atoms with van der Waals surface area (Å²) in [5.41, 5.74) is 10.1. The van der Waals surface area contributed by atoms with Crippen molar-refractivity contribution in [3.63, 3.8) is 0 Å². The Morgan fingerprint density at radius 3 is 2.74 bits per heavy atom. The van der Waals surface area contributed by atoms with E-state index < -0.39 is 0 Å². The first-order chi connectivity index (χ1) is 11.3. The fourth-order valence-corrected chi connectivity index (χ4v) is 3.27. The topological polar surface area (TPSA) is 44.5 Å². The molecule has 0 spiro atoms. The smallest absolute Gasteiger partial charge is 0.119 e. The molecule has 122 valence electrons. The summed E-state index contributed by atoms with van der Waals surface area (Å²) in [7, 11) is 1.69. The molecule has 3 nitrogen and oxygen atoms in total. The fraction of sp³-hybridized carbons (Fsp3) is 0.400. The Labute approximate surface area is 138 Å². The van der Waals surface area contributed by atoms with Crippen LogP contribution < -0.4 is 15.2 Å². The molecule has 0 aromatic heterocycles. The van der Waals surface area contributed by atoms with Gasteiger partial charge in [0.15, 0.2) is 0 Å². The van der Waals surface area contributed by atoms with Gasteiger partial charge in [0.2, 0.25) is 0 Å². The lowest BCUT2D eigenvalue weighted by atomic mass is 9.96. The fourth-order valence-electron chi connectivity index (χ4n) is 3.27. The van der Waals surface area contributed by atoms with Crippen molar-refractivity contribution in [3.8, 4) is 11.5 Å². The van der Waals surface area contributed by atoms with E-state index in [1.807, 2.05) is 12.1 Å². The van der Waals surface area contributed by atoms with Gasteiger partial charge in [-0.15, -0.1) is 0 Å². The molecule has 3 rings (SSSR count). The molecule has 2 N–H and O–H groups in total. The van der Waals surface area contributed by atoms with Crippen LogP contribution in [0.3, 0.4) is 0 Å². The molecule has 23 heavy (non-hydrogen) atoms. The molecule has 1 unspecified atom stereocenters. The number of benzene rings is 2. The van der Waals surface area contributed by atoms with Crippen molar-refractivity contribution in [2.75, 3.05) is 20.3 Å². The van der Waals surface area contributed by atoms with E-state index in [2.05, 4.69) is 30.3 Å². The molecule has 0 saturated carbocycles. The summed E-state index contributed by atoms with van der Waals surface area (Å²) in [6.07, 6.45) is 4.56. The van der Waals surface area contributed by atoms with Crippen molar-refractivity contribution >= 4 is 0 Å². The van der Waals surface area contributed by atoms with Crippen LogP contribution in [0.15, 0.2) is 42.5 Å². The van der Waals surface area contributed by atoms with E-state index in [9.17, 15) is 0 Å². The summed E-state index contributed by atoms with van der Waals surface area (Å²) >= 11 is 0. The molecule has 0 aliphatic heterocycles. The van der Waals surface area contributed by atoms with Crippen LogP contribution in [0.4, 0.5) is 0 Å². The van der Waals surface area contributed by atoms with E-state index in [-0.39, 0.29) is 0 Å². The van der Waals surface area contributed by atoms with E-state index in [4.69, 9.17) is 15.2 Å². The van der Waals surface area contributed by atoms with Gasteiger partial charge >= 0.3 is 0 Å². The maximum absolute atomic E-state index is 5.95. The van der Waals surface area contributed by atoms with E-state index in [0.717, 1.165) is 17.9 Å². The molecule has 0 bridgehead atoms. The molecular weight excluding hydrogens is 286 g/mol. The highest BCUT2D eigenvalue weighted by molar-refractivity contribution is 5.38. The summed E-state index contributed by atoms with van der Waals surface area (Å²) in [6.45, 7) is 1.29. The Hall–Kier alpha value is -2.00. The predicted molar refractivity (Wildman–Crippen MR) is 93.4 cm³/mol. The second-order valence-corrected chi connectivity index (χ2v) is 6.13. The SMILES string of the molecule is COc1cccc(C(CN)CCOc2ccc3c(c2)CCC3)c1. The second kappa shape index (κ2) is 7.51. The first-order valence-corrected chi connectivity index (χ1v) is 8.39. The van der Waals surface area contributed by atoms with E-state index in [1.165, 1.54) is 36.0 Å². The van der Waals surface area contributed by atoms with Crippen molar-refractivity contribution in [2.24, 2.45) is 5.73 Å². The molecule has 1 aliphatic carbocycles. The van der Waals surface area contributed by atoms with E-state index >= 15 is 0 Å². The van der Waals surface area contributed by atoms with Crippen LogP contribution in [0, 0.1) is 0 Å². The van der Waals surface area contributed by atoms with Crippen LogP contribution in [-0.4, -0.2) is 20.3 Å². The lowest BCUT2D eigenvalue weighted by Gasteiger charge is -2.17. The number of rotatable bonds is 7. The highest BCUT2D eigenvalue weighted by atomic mass is 16.5. The average molecular weight is 311 g/mol. The standard InChI is InChI=1S/C20H25NO2/c1-22-19-7-3-6-17(12-19)18(14-21)10-11-23-20-9-8-15-4-2-5-16(15)13-20/h3,6-9,12-13,18H,2,4-5,10-11,14,21H2,1H3. The zero-order valence-electron chi connectivity index (χ0n) is 13.8. The number of hydrogen-bond donors (Lipinski definition) is 1. The lowest BCUT2D eigenvalue weighted by molar-refractivity contribution is 0.298. The van der Waals surface area contributed by atoms with Crippen molar-refractivity contribution in [1.82, 2.24) is 0 Å². The van der Waals surface area contributed by atoms with Crippen LogP contribution in [0.5, 0.6) is 11.5 Å². The molecule has 1 atom stereocenters. The molecule has 0 fully saturated rings. The summed E-state index contributed by atoms with van der Waals surface area (Å²) < 4.78 is 11.2. The number of hydrogen-bond acceptors (Lipinski definition) is 3. The normalized spacial score (nSPS) is 14.3. The Morgan fingerprint density at radius 2 is 1.91 bits per heavy atom. The molecule has 0 saturated heterocycles. The summed E-state index contributed by atoms with van der Waals surface area (Å²) in [4.78, 5) is 0. The maximum Gasteiger partial charge on any atom is 0.119 e. The Kier molecular flexibility index (Phi) is 5.19. The number of fused-ring (bicyclic) bond motifs is 1. The summed E-state index contributed by atoms with van der Waals surface area (Å²) in [5.74, 6) is 2.15. The van der Waals surface area contributed by atoms with Gasteiger partial charge in [-0.1, -0.05) is 18.2 Å². The van der Waals surface area contributed by atoms with Crippen LogP contribution in [0.25, 0.3) is 0 Å². The number of ether oxygens (including phenoxy) is 2. The molecule has 2 aromatic rings. The summed E-state index contributed by atoms with van der Waals surface area (Å²) in [6, 6.07) is 14.6. The Morgan fingerprint density at radius 1 is 1.04 bits per heavy atom. The highest BCUT2D eigenvalue weighted by Crippen LogP contribution is 2.27. The average Bonchev–Trinajstić information content (AvgIpc) is 3.06. The van der Waals surface area contributed by atoms with Crippen molar-refractivity contribution in [2.45, 2.75) is 31.6 Å². The number of nitrogens with two attached hydrogens (primary N) is 1. The van der Waals surface area contributed by atoms with E-state index in [1.54, 1.807) is 7.11 Å². The minimum atomic E-state index is 0.291. The molecule has 1 aliphatic rings. The zero-order chi connectivity index (χ0) is 16.1. The molecule has 0 amide bonds. The highest BCUT2D eigenvalue weighted by Gasteiger charge is 2.13. The van der Waals surface area contributed by atoms with Crippen LogP contribution >= 0.6 is 0 Å². The molecule has 3 heteroatoms. The van der Waals surface area contributed by atoms with Gasteiger partial charge in [0.05, 0.1) is 13.7 Å². The minimum absolute atomic E-state index is 0.291.